The van der Waals surface area contributed by atoms with Gasteiger partial charge in [-0.15, -0.1) is 0 Å². The molecule has 2 aromatic heterocycles. The number of rotatable bonds is 4. The lowest BCUT2D eigenvalue weighted by Crippen LogP contribution is -2.01. The molecule has 30 heavy (non-hydrogen) atoms. The SMILES string of the molecule is COc1cccc(F)c1-c1nc2sc3ccccc3n2c1Nc1c(C)cccc1C. The quantitative estimate of drug-likeness (QED) is 0.353. The highest BCUT2D eigenvalue weighted by atomic mass is 32.1. The van der Waals surface area contributed by atoms with E-state index in [2.05, 4.69) is 47.8 Å². The van der Waals surface area contributed by atoms with Crippen LogP contribution in [0.1, 0.15) is 11.1 Å². The van der Waals surface area contributed by atoms with Gasteiger partial charge in [0.2, 0.25) is 0 Å². The van der Waals surface area contributed by atoms with Crippen LogP contribution in [0, 0.1) is 19.7 Å². The molecule has 0 aliphatic carbocycles. The zero-order valence-electron chi connectivity index (χ0n) is 16.9. The number of benzene rings is 3. The van der Waals surface area contributed by atoms with Crippen molar-refractivity contribution in [3.8, 4) is 17.0 Å². The number of halogens is 1. The third-order valence-electron chi connectivity index (χ3n) is 5.31. The van der Waals surface area contributed by atoms with Gasteiger partial charge in [0, 0.05) is 5.69 Å². The highest BCUT2D eigenvalue weighted by Gasteiger charge is 2.24. The lowest BCUT2D eigenvalue weighted by atomic mass is 10.1. The first-order valence-electron chi connectivity index (χ1n) is 9.64. The molecule has 0 fully saturated rings. The number of para-hydroxylation sites is 2. The molecule has 5 rings (SSSR count). The molecule has 3 aromatic carbocycles. The van der Waals surface area contributed by atoms with Gasteiger partial charge in [0.1, 0.15) is 23.1 Å². The van der Waals surface area contributed by atoms with Crippen LogP contribution in [-0.2, 0) is 0 Å². The fraction of sp³-hybridized carbons (Fsp3) is 0.125. The van der Waals surface area contributed by atoms with E-state index < -0.39 is 0 Å². The zero-order chi connectivity index (χ0) is 20.8. The van der Waals surface area contributed by atoms with E-state index in [1.807, 2.05) is 18.2 Å². The lowest BCUT2D eigenvalue weighted by Gasteiger charge is -2.15. The predicted octanol–water partition coefficient (Wildman–Crippen LogP) is 6.72. The Labute approximate surface area is 177 Å². The molecule has 0 saturated carbocycles. The second kappa shape index (κ2) is 7.15. The zero-order valence-corrected chi connectivity index (χ0v) is 17.7. The van der Waals surface area contributed by atoms with Crippen molar-refractivity contribution in [1.29, 1.82) is 0 Å². The molecular formula is C24H20FN3OS. The van der Waals surface area contributed by atoms with Gasteiger partial charge in [-0.25, -0.2) is 9.37 Å². The van der Waals surface area contributed by atoms with Crippen molar-refractivity contribution >= 4 is 38.0 Å². The van der Waals surface area contributed by atoms with Gasteiger partial charge in [-0.3, -0.25) is 4.40 Å². The third kappa shape index (κ3) is 2.83. The average molecular weight is 418 g/mol. The molecule has 0 amide bonds. The van der Waals surface area contributed by atoms with E-state index in [1.54, 1.807) is 30.6 Å². The number of hydrogen-bond acceptors (Lipinski definition) is 4. The Morgan fingerprint density at radius 2 is 1.70 bits per heavy atom. The van der Waals surface area contributed by atoms with Gasteiger partial charge in [0.25, 0.3) is 0 Å². The number of fused-ring (bicyclic) bond motifs is 3. The topological polar surface area (TPSA) is 38.6 Å². The number of aromatic nitrogens is 2. The molecule has 1 N–H and O–H groups in total. The number of anilines is 2. The van der Waals surface area contributed by atoms with Crippen LogP contribution < -0.4 is 10.1 Å². The molecule has 0 spiro atoms. The van der Waals surface area contributed by atoms with Gasteiger partial charge in [-0.05, 0) is 49.2 Å². The molecule has 0 aliphatic heterocycles. The Kier molecular flexibility index (Phi) is 4.44. The van der Waals surface area contributed by atoms with Crippen molar-refractivity contribution in [2.24, 2.45) is 0 Å². The minimum absolute atomic E-state index is 0.355. The van der Waals surface area contributed by atoms with Crippen LogP contribution >= 0.6 is 11.3 Å². The van der Waals surface area contributed by atoms with Crippen LogP contribution in [0.2, 0.25) is 0 Å². The minimum atomic E-state index is -0.367. The van der Waals surface area contributed by atoms with E-state index in [1.165, 1.54) is 6.07 Å². The predicted molar refractivity (Wildman–Crippen MR) is 122 cm³/mol. The summed E-state index contributed by atoms with van der Waals surface area (Å²) in [6.45, 7) is 4.12. The van der Waals surface area contributed by atoms with Gasteiger partial charge in [-0.1, -0.05) is 47.7 Å². The Balaban J connectivity index is 1.85. The minimum Gasteiger partial charge on any atom is -0.496 e. The molecule has 0 saturated heterocycles. The van der Waals surface area contributed by atoms with Crippen molar-refractivity contribution in [2.45, 2.75) is 13.8 Å². The van der Waals surface area contributed by atoms with E-state index >= 15 is 0 Å². The maximum Gasteiger partial charge on any atom is 0.197 e. The fourth-order valence-electron chi connectivity index (χ4n) is 3.84. The Hall–Kier alpha value is -3.38. The van der Waals surface area contributed by atoms with Crippen molar-refractivity contribution in [1.82, 2.24) is 9.38 Å². The number of hydrogen-bond donors (Lipinski definition) is 1. The smallest absolute Gasteiger partial charge is 0.197 e. The molecule has 0 aliphatic rings. The molecule has 0 bridgehead atoms. The fourth-order valence-corrected chi connectivity index (χ4v) is 4.87. The Morgan fingerprint density at radius 3 is 2.47 bits per heavy atom. The van der Waals surface area contributed by atoms with E-state index in [9.17, 15) is 4.39 Å². The van der Waals surface area contributed by atoms with Crippen molar-refractivity contribution < 1.29 is 9.13 Å². The lowest BCUT2D eigenvalue weighted by molar-refractivity contribution is 0.413. The molecule has 0 radical (unpaired) electrons. The highest BCUT2D eigenvalue weighted by Crippen LogP contribution is 2.42. The summed E-state index contributed by atoms with van der Waals surface area (Å²) >= 11 is 1.58. The van der Waals surface area contributed by atoms with Gasteiger partial charge in [0.15, 0.2) is 4.96 Å². The van der Waals surface area contributed by atoms with E-state index in [0.29, 0.717) is 17.0 Å². The first kappa shape index (κ1) is 18.6. The average Bonchev–Trinajstić information content (AvgIpc) is 3.26. The number of nitrogens with zero attached hydrogens (tertiary/aromatic N) is 2. The maximum atomic E-state index is 15.0. The first-order valence-corrected chi connectivity index (χ1v) is 10.5. The molecule has 0 atom stereocenters. The number of thiazole rings is 1. The molecule has 6 heteroatoms. The summed E-state index contributed by atoms with van der Waals surface area (Å²) in [4.78, 5) is 5.64. The summed E-state index contributed by atoms with van der Waals surface area (Å²) < 4.78 is 23.7. The summed E-state index contributed by atoms with van der Waals surface area (Å²) in [7, 11) is 1.55. The number of aryl methyl sites for hydroxylation is 2. The summed E-state index contributed by atoms with van der Waals surface area (Å²) in [6.07, 6.45) is 0. The van der Waals surface area contributed by atoms with Crippen LogP contribution in [0.4, 0.5) is 15.9 Å². The van der Waals surface area contributed by atoms with E-state index in [0.717, 1.165) is 37.8 Å². The maximum absolute atomic E-state index is 15.0. The summed E-state index contributed by atoms with van der Waals surface area (Å²) in [5, 5.41) is 3.57. The van der Waals surface area contributed by atoms with Crippen molar-refractivity contribution in [2.75, 3.05) is 12.4 Å². The van der Waals surface area contributed by atoms with Crippen LogP contribution in [0.15, 0.2) is 60.7 Å². The number of ether oxygens (including phenoxy) is 1. The van der Waals surface area contributed by atoms with Gasteiger partial charge in [0.05, 0.1) is 22.9 Å². The third-order valence-corrected chi connectivity index (χ3v) is 6.33. The van der Waals surface area contributed by atoms with Crippen LogP contribution in [0.25, 0.3) is 26.4 Å². The standard InChI is InChI=1S/C24H20FN3OS/c1-14-8-6-9-15(2)21(14)26-23-22(20-16(25)10-7-12-18(20)29-3)27-24-28(23)17-11-4-5-13-19(17)30-24/h4-13,26H,1-3H3. The molecule has 4 nitrogen and oxygen atoms in total. The van der Waals surface area contributed by atoms with Crippen molar-refractivity contribution in [3.63, 3.8) is 0 Å². The Bertz CT molecular complexity index is 1380. The summed E-state index contributed by atoms with van der Waals surface area (Å²) in [5.41, 5.74) is 5.12. The van der Waals surface area contributed by atoms with Gasteiger partial charge < -0.3 is 10.1 Å². The van der Waals surface area contributed by atoms with Crippen LogP contribution in [-0.4, -0.2) is 16.5 Å². The van der Waals surface area contributed by atoms with Gasteiger partial charge >= 0.3 is 0 Å². The summed E-state index contributed by atoms with van der Waals surface area (Å²) in [6, 6.07) is 19.1. The normalized spacial score (nSPS) is 11.3. The molecule has 5 aromatic rings. The molecule has 0 unspecified atom stereocenters. The molecule has 2 heterocycles. The van der Waals surface area contributed by atoms with Crippen molar-refractivity contribution in [3.05, 3.63) is 77.6 Å². The molecular weight excluding hydrogens is 397 g/mol. The first-order chi connectivity index (χ1) is 14.6. The largest absolute Gasteiger partial charge is 0.496 e. The van der Waals surface area contributed by atoms with E-state index in [-0.39, 0.29) is 5.82 Å². The van der Waals surface area contributed by atoms with E-state index in [4.69, 9.17) is 9.72 Å². The monoisotopic (exact) mass is 417 g/mol. The van der Waals surface area contributed by atoms with Crippen LogP contribution in [0.3, 0.4) is 0 Å². The van der Waals surface area contributed by atoms with Crippen LogP contribution in [0.5, 0.6) is 5.75 Å². The second-order valence-electron chi connectivity index (χ2n) is 7.21. The highest BCUT2D eigenvalue weighted by molar-refractivity contribution is 7.23. The Morgan fingerprint density at radius 1 is 0.967 bits per heavy atom. The number of imidazole rings is 1. The summed E-state index contributed by atoms with van der Waals surface area (Å²) in [5.74, 6) is 0.812. The number of methoxy groups -OCH3 is 1. The second-order valence-corrected chi connectivity index (χ2v) is 8.21. The van der Waals surface area contributed by atoms with Gasteiger partial charge in [-0.2, -0.15) is 0 Å². The number of nitrogens with one attached hydrogen (secondary N) is 1. The molecule has 150 valence electrons.